The fourth-order valence-electron chi connectivity index (χ4n) is 2.27. The number of non-ortho nitro benzene ring substituents is 1. The first kappa shape index (κ1) is 17.1. The molecule has 2 rings (SSSR count). The van der Waals surface area contributed by atoms with Crippen LogP contribution in [0, 0.1) is 24.0 Å². The number of aryl methyl sites for hydroxylation is 2. The fourth-order valence-corrected chi connectivity index (χ4v) is 2.27. The number of carbonyl (C=O) groups is 2. The first-order chi connectivity index (χ1) is 11.3. The van der Waals surface area contributed by atoms with E-state index in [0.29, 0.717) is 11.4 Å². The Labute approximate surface area is 138 Å². The number of amides is 1. The van der Waals surface area contributed by atoms with E-state index in [0.717, 1.165) is 17.2 Å². The van der Waals surface area contributed by atoms with Gasteiger partial charge in [0.25, 0.3) is 5.69 Å². The molecule has 0 radical (unpaired) electrons. The zero-order valence-corrected chi connectivity index (χ0v) is 13.5. The third-order valence-corrected chi connectivity index (χ3v) is 3.31. The molecule has 0 aliphatic carbocycles. The predicted octanol–water partition coefficient (Wildman–Crippen LogP) is 3.39. The van der Waals surface area contributed by atoms with E-state index in [4.69, 9.17) is 4.74 Å². The summed E-state index contributed by atoms with van der Waals surface area (Å²) in [4.78, 5) is 33.6. The molecule has 1 N–H and O–H groups in total. The second kappa shape index (κ2) is 6.91. The molecule has 0 atom stereocenters. The molecule has 2 aromatic carbocycles. The summed E-state index contributed by atoms with van der Waals surface area (Å²) >= 11 is 0. The maximum Gasteiger partial charge on any atom is 0.343 e. The summed E-state index contributed by atoms with van der Waals surface area (Å²) in [5, 5.41) is 13.5. The summed E-state index contributed by atoms with van der Waals surface area (Å²) in [5.74, 6) is -0.581. The highest BCUT2D eigenvalue weighted by Gasteiger charge is 2.15. The van der Waals surface area contributed by atoms with Crippen LogP contribution in [0.4, 0.5) is 11.4 Å². The summed E-state index contributed by atoms with van der Waals surface area (Å²) in [7, 11) is 0. The Bertz CT molecular complexity index is 806. The van der Waals surface area contributed by atoms with E-state index in [1.54, 1.807) is 26.0 Å². The smallest absolute Gasteiger partial charge is 0.343 e. The summed E-state index contributed by atoms with van der Waals surface area (Å²) < 4.78 is 5.28. The molecule has 7 nitrogen and oxygen atoms in total. The van der Waals surface area contributed by atoms with Crippen molar-refractivity contribution in [3.63, 3.8) is 0 Å². The van der Waals surface area contributed by atoms with Crippen LogP contribution in [-0.4, -0.2) is 16.8 Å². The predicted molar refractivity (Wildman–Crippen MR) is 88.3 cm³/mol. The van der Waals surface area contributed by atoms with Gasteiger partial charge in [-0.2, -0.15) is 0 Å². The fraction of sp³-hybridized carbons (Fsp3) is 0.176. The number of nitro groups is 1. The lowest BCUT2D eigenvalue weighted by molar-refractivity contribution is -0.384. The number of esters is 1. The largest absolute Gasteiger partial charge is 0.423 e. The van der Waals surface area contributed by atoms with E-state index in [2.05, 4.69) is 5.32 Å². The molecular formula is C17H16N2O5. The third kappa shape index (κ3) is 3.95. The van der Waals surface area contributed by atoms with E-state index in [9.17, 15) is 19.7 Å². The van der Waals surface area contributed by atoms with Crippen LogP contribution in [0.25, 0.3) is 0 Å². The van der Waals surface area contributed by atoms with Gasteiger partial charge >= 0.3 is 5.97 Å². The number of rotatable bonds is 4. The van der Waals surface area contributed by atoms with Gasteiger partial charge in [-0.3, -0.25) is 14.9 Å². The van der Waals surface area contributed by atoms with Crippen LogP contribution >= 0.6 is 0 Å². The van der Waals surface area contributed by atoms with E-state index in [1.807, 2.05) is 0 Å². The molecule has 2 aromatic rings. The number of hydrogen-bond donors (Lipinski definition) is 1. The summed E-state index contributed by atoms with van der Waals surface area (Å²) in [6.07, 6.45) is 0. The Morgan fingerprint density at radius 1 is 1.12 bits per heavy atom. The van der Waals surface area contributed by atoms with Gasteiger partial charge in [-0.1, -0.05) is 6.07 Å². The minimum Gasteiger partial charge on any atom is -0.423 e. The van der Waals surface area contributed by atoms with Gasteiger partial charge in [-0.15, -0.1) is 0 Å². The highest BCUT2D eigenvalue weighted by atomic mass is 16.6. The molecule has 0 bridgehead atoms. The van der Waals surface area contributed by atoms with E-state index in [1.165, 1.54) is 25.1 Å². The van der Waals surface area contributed by atoms with Crippen molar-refractivity contribution in [1.82, 2.24) is 0 Å². The van der Waals surface area contributed by atoms with Crippen molar-refractivity contribution in [2.75, 3.05) is 5.32 Å². The van der Waals surface area contributed by atoms with Crippen molar-refractivity contribution in [2.45, 2.75) is 20.8 Å². The molecular weight excluding hydrogens is 312 g/mol. The van der Waals surface area contributed by atoms with Gasteiger partial charge in [0, 0.05) is 24.7 Å². The number of hydrogen-bond acceptors (Lipinski definition) is 5. The lowest BCUT2D eigenvalue weighted by Crippen LogP contribution is -2.11. The van der Waals surface area contributed by atoms with Crippen LogP contribution < -0.4 is 10.1 Å². The van der Waals surface area contributed by atoms with Crippen LogP contribution in [0.15, 0.2) is 36.4 Å². The van der Waals surface area contributed by atoms with Gasteiger partial charge < -0.3 is 10.1 Å². The first-order valence-electron chi connectivity index (χ1n) is 7.13. The molecule has 0 aliphatic heterocycles. The third-order valence-electron chi connectivity index (χ3n) is 3.31. The zero-order chi connectivity index (χ0) is 17.9. The summed E-state index contributed by atoms with van der Waals surface area (Å²) in [6, 6.07) is 8.56. The average Bonchev–Trinajstić information content (AvgIpc) is 2.51. The van der Waals surface area contributed by atoms with Crippen LogP contribution in [0.3, 0.4) is 0 Å². The van der Waals surface area contributed by atoms with Crippen LogP contribution in [0.1, 0.15) is 28.4 Å². The average molecular weight is 328 g/mol. The molecule has 0 saturated carbocycles. The molecule has 0 heterocycles. The highest BCUT2D eigenvalue weighted by molar-refractivity contribution is 5.93. The van der Waals surface area contributed by atoms with Gasteiger partial charge in [0.2, 0.25) is 5.91 Å². The maximum atomic E-state index is 12.2. The molecule has 24 heavy (non-hydrogen) atoms. The Morgan fingerprint density at radius 3 is 2.29 bits per heavy atom. The maximum absolute atomic E-state index is 12.2. The molecule has 0 aromatic heterocycles. The van der Waals surface area contributed by atoms with Crippen LogP contribution in [0.2, 0.25) is 0 Å². The molecule has 7 heteroatoms. The Kier molecular flexibility index (Phi) is 4.93. The Hall–Kier alpha value is -3.22. The van der Waals surface area contributed by atoms with Crippen molar-refractivity contribution in [3.05, 3.63) is 63.2 Å². The summed E-state index contributed by atoms with van der Waals surface area (Å²) in [5.41, 5.74) is 2.06. The van der Waals surface area contributed by atoms with Gasteiger partial charge in [0.05, 0.1) is 10.5 Å². The van der Waals surface area contributed by atoms with Crippen LogP contribution in [0.5, 0.6) is 5.75 Å². The van der Waals surface area contributed by atoms with Crippen molar-refractivity contribution < 1.29 is 19.2 Å². The Balaban J connectivity index is 2.25. The molecule has 0 saturated heterocycles. The monoisotopic (exact) mass is 328 g/mol. The number of nitrogens with zero attached hydrogens (tertiary/aromatic N) is 1. The van der Waals surface area contributed by atoms with Gasteiger partial charge in [0.1, 0.15) is 5.75 Å². The molecule has 0 aliphatic rings. The van der Waals surface area contributed by atoms with Crippen molar-refractivity contribution in [2.24, 2.45) is 0 Å². The SMILES string of the molecule is CC(=O)Nc1c(C)cc(OC(=O)c2cccc([N+](=O)[O-])c2)cc1C. The van der Waals surface area contributed by atoms with E-state index >= 15 is 0 Å². The molecule has 0 spiro atoms. The lowest BCUT2D eigenvalue weighted by Gasteiger charge is -2.13. The van der Waals surface area contributed by atoms with Crippen molar-refractivity contribution in [1.29, 1.82) is 0 Å². The van der Waals surface area contributed by atoms with Crippen LogP contribution in [-0.2, 0) is 4.79 Å². The number of ether oxygens (including phenoxy) is 1. The van der Waals surface area contributed by atoms with Gasteiger partial charge in [-0.25, -0.2) is 4.79 Å². The molecule has 0 fully saturated rings. The van der Waals surface area contributed by atoms with E-state index < -0.39 is 10.9 Å². The lowest BCUT2D eigenvalue weighted by atomic mass is 10.1. The minimum atomic E-state index is -0.690. The quantitative estimate of drug-likeness (QED) is 0.401. The topological polar surface area (TPSA) is 98.5 Å². The number of carbonyl (C=O) groups excluding carboxylic acids is 2. The minimum absolute atomic E-state index is 0.0884. The number of anilines is 1. The first-order valence-corrected chi connectivity index (χ1v) is 7.13. The molecule has 124 valence electrons. The number of nitrogens with one attached hydrogen (secondary N) is 1. The summed E-state index contributed by atoms with van der Waals surface area (Å²) in [6.45, 7) is 4.97. The van der Waals surface area contributed by atoms with Gasteiger partial charge in [0.15, 0.2) is 0 Å². The number of nitro benzene ring substituents is 1. The second-order valence-electron chi connectivity index (χ2n) is 5.31. The number of benzene rings is 2. The molecule has 1 amide bonds. The highest BCUT2D eigenvalue weighted by Crippen LogP contribution is 2.27. The zero-order valence-electron chi connectivity index (χ0n) is 13.5. The second-order valence-corrected chi connectivity index (χ2v) is 5.31. The van der Waals surface area contributed by atoms with Crippen molar-refractivity contribution in [3.8, 4) is 5.75 Å². The molecule has 0 unspecified atom stereocenters. The van der Waals surface area contributed by atoms with Crippen molar-refractivity contribution >= 4 is 23.3 Å². The van der Waals surface area contributed by atoms with Gasteiger partial charge in [-0.05, 0) is 43.2 Å². The standard InChI is InChI=1S/C17H16N2O5/c1-10-7-15(8-11(2)16(10)18-12(3)20)24-17(21)13-5-4-6-14(9-13)19(22)23/h4-9H,1-3H3,(H,18,20). The Morgan fingerprint density at radius 2 is 1.75 bits per heavy atom. The normalized spacial score (nSPS) is 10.1. The van der Waals surface area contributed by atoms with E-state index in [-0.39, 0.29) is 17.2 Å².